The lowest BCUT2D eigenvalue weighted by Gasteiger charge is -2.29. The third kappa shape index (κ3) is 3.06. The second-order valence-electron chi connectivity index (χ2n) is 5.71. The van der Waals surface area contributed by atoms with Crippen LogP contribution >= 0.6 is 0 Å². The molecule has 2 heterocycles. The molecule has 0 saturated carbocycles. The van der Waals surface area contributed by atoms with Crippen LogP contribution in [0.1, 0.15) is 11.1 Å². The molecule has 120 valence electrons. The van der Waals surface area contributed by atoms with E-state index in [1.54, 1.807) is 12.1 Å². The van der Waals surface area contributed by atoms with Gasteiger partial charge in [-0.1, -0.05) is 24.3 Å². The van der Waals surface area contributed by atoms with Crippen molar-refractivity contribution in [3.05, 3.63) is 77.9 Å². The zero-order chi connectivity index (χ0) is 16.4. The van der Waals surface area contributed by atoms with Crippen LogP contribution in [-0.4, -0.2) is 16.5 Å². The number of hydrogen-bond acceptors (Lipinski definition) is 4. The minimum Gasteiger partial charge on any atom is -0.439 e. The van der Waals surface area contributed by atoms with Gasteiger partial charge in [0.25, 0.3) is 0 Å². The van der Waals surface area contributed by atoms with Gasteiger partial charge in [-0.15, -0.1) is 0 Å². The Bertz CT molecular complexity index is 851. The van der Waals surface area contributed by atoms with Crippen molar-refractivity contribution in [1.29, 1.82) is 0 Å². The second kappa shape index (κ2) is 6.28. The molecule has 24 heavy (non-hydrogen) atoms. The molecular formula is C19H16FN3O. The summed E-state index contributed by atoms with van der Waals surface area (Å²) in [4.78, 5) is 10.7. The summed E-state index contributed by atoms with van der Waals surface area (Å²) in [7, 11) is 0. The summed E-state index contributed by atoms with van der Waals surface area (Å²) in [6, 6.07) is 16.2. The Hall–Kier alpha value is -2.95. The summed E-state index contributed by atoms with van der Waals surface area (Å²) in [6.07, 6.45) is 2.49. The van der Waals surface area contributed by atoms with Crippen LogP contribution in [0.5, 0.6) is 11.6 Å². The molecule has 0 N–H and O–H groups in total. The van der Waals surface area contributed by atoms with Crippen molar-refractivity contribution < 1.29 is 9.13 Å². The fraction of sp³-hybridized carbons (Fsp3) is 0.158. The maximum absolute atomic E-state index is 13.0. The van der Waals surface area contributed by atoms with E-state index in [2.05, 4.69) is 39.1 Å². The number of nitrogens with zero attached hydrogens (tertiary/aromatic N) is 3. The number of rotatable bonds is 3. The fourth-order valence-corrected chi connectivity index (χ4v) is 2.87. The summed E-state index contributed by atoms with van der Waals surface area (Å²) in [5.74, 6) is 1.53. The number of fused-ring (bicyclic) bond motifs is 1. The van der Waals surface area contributed by atoms with E-state index in [1.165, 1.54) is 29.6 Å². The molecule has 0 unspecified atom stereocenters. The SMILES string of the molecule is Fc1ccc(Oc2cc(N3CCc4ccccc4C3)ncn2)cc1. The molecule has 0 amide bonds. The average Bonchev–Trinajstić information content (AvgIpc) is 2.63. The Labute approximate surface area is 139 Å². The van der Waals surface area contributed by atoms with Gasteiger partial charge in [-0.3, -0.25) is 0 Å². The van der Waals surface area contributed by atoms with Crippen molar-refractivity contribution in [2.75, 3.05) is 11.4 Å². The van der Waals surface area contributed by atoms with Crippen LogP contribution in [-0.2, 0) is 13.0 Å². The van der Waals surface area contributed by atoms with Gasteiger partial charge in [0.2, 0.25) is 5.88 Å². The Kier molecular flexibility index (Phi) is 3.83. The van der Waals surface area contributed by atoms with E-state index in [0.717, 1.165) is 25.3 Å². The van der Waals surface area contributed by atoms with Crippen LogP contribution in [0.3, 0.4) is 0 Å². The molecule has 5 heteroatoms. The van der Waals surface area contributed by atoms with Crippen molar-refractivity contribution in [3.8, 4) is 11.6 Å². The van der Waals surface area contributed by atoms with Crippen LogP contribution < -0.4 is 9.64 Å². The Morgan fingerprint density at radius 3 is 2.58 bits per heavy atom. The number of anilines is 1. The smallest absolute Gasteiger partial charge is 0.224 e. The van der Waals surface area contributed by atoms with E-state index in [4.69, 9.17) is 4.74 Å². The molecule has 2 aromatic carbocycles. The maximum Gasteiger partial charge on any atom is 0.224 e. The van der Waals surface area contributed by atoms with Gasteiger partial charge in [-0.05, 0) is 41.8 Å². The normalized spacial score (nSPS) is 13.5. The molecule has 1 aliphatic rings. The molecule has 0 atom stereocenters. The number of aromatic nitrogens is 2. The molecule has 4 rings (SSSR count). The highest BCUT2D eigenvalue weighted by Gasteiger charge is 2.17. The number of benzene rings is 2. The van der Waals surface area contributed by atoms with Crippen LogP contribution in [0, 0.1) is 5.82 Å². The number of ether oxygens (including phenoxy) is 1. The highest BCUT2D eigenvalue weighted by molar-refractivity contribution is 5.46. The number of halogens is 1. The third-order valence-electron chi connectivity index (χ3n) is 4.12. The molecule has 0 fully saturated rings. The predicted octanol–water partition coefficient (Wildman–Crippen LogP) is 3.97. The average molecular weight is 321 g/mol. The maximum atomic E-state index is 13.0. The minimum absolute atomic E-state index is 0.294. The van der Waals surface area contributed by atoms with Crippen molar-refractivity contribution in [2.45, 2.75) is 13.0 Å². The van der Waals surface area contributed by atoms with E-state index in [0.29, 0.717) is 11.6 Å². The van der Waals surface area contributed by atoms with Crippen LogP contribution in [0.2, 0.25) is 0 Å². The van der Waals surface area contributed by atoms with Gasteiger partial charge in [-0.25, -0.2) is 14.4 Å². The van der Waals surface area contributed by atoms with E-state index >= 15 is 0 Å². The topological polar surface area (TPSA) is 38.2 Å². The van der Waals surface area contributed by atoms with Crippen molar-refractivity contribution in [3.63, 3.8) is 0 Å². The molecule has 0 saturated heterocycles. The third-order valence-corrected chi connectivity index (χ3v) is 4.12. The fourth-order valence-electron chi connectivity index (χ4n) is 2.87. The lowest BCUT2D eigenvalue weighted by atomic mass is 10.00. The first-order valence-corrected chi connectivity index (χ1v) is 7.85. The number of hydrogen-bond donors (Lipinski definition) is 0. The van der Waals surface area contributed by atoms with Crippen molar-refractivity contribution >= 4 is 5.82 Å². The first-order chi connectivity index (χ1) is 11.8. The molecule has 0 bridgehead atoms. The summed E-state index contributed by atoms with van der Waals surface area (Å²) >= 11 is 0. The van der Waals surface area contributed by atoms with Crippen molar-refractivity contribution in [1.82, 2.24) is 9.97 Å². The zero-order valence-electron chi connectivity index (χ0n) is 13.0. The first-order valence-electron chi connectivity index (χ1n) is 7.85. The lowest BCUT2D eigenvalue weighted by molar-refractivity contribution is 0.459. The molecule has 1 aromatic heterocycles. The summed E-state index contributed by atoms with van der Waals surface area (Å²) < 4.78 is 18.7. The second-order valence-corrected chi connectivity index (χ2v) is 5.71. The molecule has 1 aliphatic heterocycles. The summed E-state index contributed by atoms with van der Waals surface area (Å²) in [6.45, 7) is 1.73. The molecule has 3 aromatic rings. The van der Waals surface area contributed by atoms with E-state index < -0.39 is 0 Å². The van der Waals surface area contributed by atoms with E-state index in [1.807, 2.05) is 6.07 Å². The summed E-state index contributed by atoms with van der Waals surface area (Å²) in [5.41, 5.74) is 2.72. The predicted molar refractivity (Wildman–Crippen MR) is 89.7 cm³/mol. The van der Waals surface area contributed by atoms with Crippen LogP contribution in [0.15, 0.2) is 60.9 Å². The zero-order valence-corrected chi connectivity index (χ0v) is 13.0. The van der Waals surface area contributed by atoms with Gasteiger partial charge in [0.05, 0.1) is 0 Å². The lowest BCUT2D eigenvalue weighted by Crippen LogP contribution is -2.30. The van der Waals surface area contributed by atoms with Crippen LogP contribution in [0.4, 0.5) is 10.2 Å². The van der Waals surface area contributed by atoms with Gasteiger partial charge in [-0.2, -0.15) is 0 Å². The largest absolute Gasteiger partial charge is 0.439 e. The van der Waals surface area contributed by atoms with Gasteiger partial charge < -0.3 is 9.64 Å². The minimum atomic E-state index is -0.294. The highest BCUT2D eigenvalue weighted by Crippen LogP contribution is 2.26. The Morgan fingerprint density at radius 2 is 1.75 bits per heavy atom. The quantitative estimate of drug-likeness (QED) is 0.731. The molecule has 0 radical (unpaired) electrons. The summed E-state index contributed by atoms with van der Waals surface area (Å²) in [5, 5.41) is 0. The van der Waals surface area contributed by atoms with E-state index in [-0.39, 0.29) is 5.82 Å². The molecule has 0 aliphatic carbocycles. The van der Waals surface area contributed by atoms with Crippen LogP contribution in [0.25, 0.3) is 0 Å². The standard InChI is InChI=1S/C19H16FN3O/c20-16-5-7-17(8-6-16)24-19-11-18(21-13-22-19)23-10-9-14-3-1-2-4-15(14)12-23/h1-8,11,13H,9-10,12H2. The monoisotopic (exact) mass is 321 g/mol. The van der Waals surface area contributed by atoms with Gasteiger partial charge >= 0.3 is 0 Å². The van der Waals surface area contributed by atoms with Gasteiger partial charge in [0, 0.05) is 19.2 Å². The van der Waals surface area contributed by atoms with E-state index in [9.17, 15) is 4.39 Å². The Morgan fingerprint density at radius 1 is 0.958 bits per heavy atom. The van der Waals surface area contributed by atoms with Gasteiger partial charge in [0.1, 0.15) is 23.7 Å². The van der Waals surface area contributed by atoms with Gasteiger partial charge in [0.15, 0.2) is 0 Å². The molecular weight excluding hydrogens is 305 g/mol. The van der Waals surface area contributed by atoms with Crippen molar-refractivity contribution in [2.24, 2.45) is 0 Å². The Balaban J connectivity index is 1.54. The highest BCUT2D eigenvalue weighted by atomic mass is 19.1. The molecule has 4 nitrogen and oxygen atoms in total. The molecule has 0 spiro atoms. The first kappa shape index (κ1) is 14.6.